The smallest absolute Gasteiger partial charge is 0.246 e. The topological polar surface area (TPSA) is 75.7 Å². The number of hydrogen-bond acceptors (Lipinski definition) is 4. The Kier molecular flexibility index (Phi) is 5.79. The van der Waals surface area contributed by atoms with Crippen molar-refractivity contribution < 1.29 is 17.9 Å². The molecule has 6 nitrogen and oxygen atoms in total. The van der Waals surface area contributed by atoms with Gasteiger partial charge in [-0.15, -0.1) is 0 Å². The molecule has 0 aromatic heterocycles. The van der Waals surface area contributed by atoms with Crippen molar-refractivity contribution in [3.8, 4) is 5.75 Å². The van der Waals surface area contributed by atoms with Gasteiger partial charge in [-0.3, -0.25) is 4.79 Å². The average molecular weight is 449 g/mol. The summed E-state index contributed by atoms with van der Waals surface area (Å²) in [6.07, 6.45) is 4.22. The minimum Gasteiger partial charge on any atom is -0.495 e. The monoisotopic (exact) mass is 448 g/mol. The number of ether oxygens (including phenoxy) is 1. The molecule has 2 aromatic carbocycles. The average Bonchev–Trinajstić information content (AvgIpc) is 3.57. The first-order valence-electron chi connectivity index (χ1n) is 10.1. The zero-order valence-corrected chi connectivity index (χ0v) is 18.4. The Morgan fingerprint density at radius 1 is 1.07 bits per heavy atom. The van der Waals surface area contributed by atoms with Crippen LogP contribution in [0.3, 0.4) is 0 Å². The van der Waals surface area contributed by atoms with Crippen LogP contribution >= 0.6 is 11.6 Å². The third kappa shape index (κ3) is 3.94. The van der Waals surface area contributed by atoms with Crippen LogP contribution in [0.2, 0.25) is 5.02 Å². The standard InChI is InChI=1S/C22H25ClN2O4S/c1-29-19-10-9-18(15-20(19)30(27,28)25-13-3-2-4-14-25)24-21(26)22(11-12-22)16-5-7-17(23)8-6-16/h5-10,15H,2-4,11-14H2,1H3,(H,24,26). The second-order valence-corrected chi connectivity index (χ2v) is 10.2. The summed E-state index contributed by atoms with van der Waals surface area (Å²) in [6, 6.07) is 12.1. The van der Waals surface area contributed by atoms with Crippen LogP contribution in [0.5, 0.6) is 5.75 Å². The van der Waals surface area contributed by atoms with Gasteiger partial charge in [0.05, 0.1) is 12.5 Å². The Labute approximate surface area is 182 Å². The van der Waals surface area contributed by atoms with E-state index in [0.29, 0.717) is 23.8 Å². The molecule has 0 bridgehead atoms. The van der Waals surface area contributed by atoms with Crippen LogP contribution in [-0.4, -0.2) is 38.8 Å². The van der Waals surface area contributed by atoms with Crippen LogP contribution in [0.4, 0.5) is 5.69 Å². The lowest BCUT2D eigenvalue weighted by Crippen LogP contribution is -2.35. The number of carbonyl (C=O) groups excluding carboxylic acids is 1. The first-order valence-corrected chi connectivity index (χ1v) is 11.9. The summed E-state index contributed by atoms with van der Waals surface area (Å²) in [5, 5.41) is 3.54. The van der Waals surface area contributed by atoms with Crippen LogP contribution < -0.4 is 10.1 Å². The normalized spacial score (nSPS) is 18.6. The van der Waals surface area contributed by atoms with Gasteiger partial charge in [0.25, 0.3) is 0 Å². The highest BCUT2D eigenvalue weighted by Gasteiger charge is 2.51. The number of carbonyl (C=O) groups is 1. The molecular formula is C22H25ClN2O4S. The molecule has 0 atom stereocenters. The van der Waals surface area contributed by atoms with Crippen molar-refractivity contribution in [1.29, 1.82) is 0 Å². The quantitative estimate of drug-likeness (QED) is 0.718. The van der Waals surface area contributed by atoms with Crippen LogP contribution in [0.25, 0.3) is 0 Å². The lowest BCUT2D eigenvalue weighted by molar-refractivity contribution is -0.118. The van der Waals surface area contributed by atoms with E-state index in [1.54, 1.807) is 24.3 Å². The summed E-state index contributed by atoms with van der Waals surface area (Å²) in [4.78, 5) is 13.1. The van der Waals surface area contributed by atoms with E-state index in [9.17, 15) is 13.2 Å². The molecule has 0 radical (unpaired) electrons. The van der Waals surface area contributed by atoms with Crippen LogP contribution in [-0.2, 0) is 20.2 Å². The number of methoxy groups -OCH3 is 1. The molecular weight excluding hydrogens is 424 g/mol. The molecule has 1 heterocycles. The lowest BCUT2D eigenvalue weighted by atomic mass is 9.95. The lowest BCUT2D eigenvalue weighted by Gasteiger charge is -2.26. The van der Waals surface area contributed by atoms with Gasteiger partial charge >= 0.3 is 0 Å². The molecule has 4 rings (SSSR count). The van der Waals surface area contributed by atoms with E-state index in [0.717, 1.165) is 37.7 Å². The first kappa shape index (κ1) is 21.2. The number of nitrogens with zero attached hydrogens (tertiary/aromatic N) is 1. The molecule has 1 saturated carbocycles. The molecule has 1 aliphatic heterocycles. The number of amides is 1. The Balaban J connectivity index is 1.60. The number of halogens is 1. The maximum absolute atomic E-state index is 13.2. The second kappa shape index (κ2) is 8.21. The Bertz CT molecular complexity index is 1040. The fourth-order valence-electron chi connectivity index (χ4n) is 3.99. The van der Waals surface area contributed by atoms with Gasteiger partial charge in [0.15, 0.2) is 0 Å². The number of anilines is 1. The number of rotatable bonds is 6. The largest absolute Gasteiger partial charge is 0.495 e. The summed E-state index contributed by atoms with van der Waals surface area (Å²) in [6.45, 7) is 1.00. The van der Waals surface area contributed by atoms with Crippen molar-refractivity contribution in [3.05, 3.63) is 53.1 Å². The number of sulfonamides is 1. The van der Waals surface area contributed by atoms with E-state index in [4.69, 9.17) is 16.3 Å². The molecule has 2 aliphatic rings. The highest BCUT2D eigenvalue weighted by molar-refractivity contribution is 7.89. The van der Waals surface area contributed by atoms with Crippen molar-refractivity contribution in [2.45, 2.75) is 42.4 Å². The van der Waals surface area contributed by atoms with Crippen molar-refractivity contribution in [1.82, 2.24) is 4.31 Å². The Morgan fingerprint density at radius 3 is 2.33 bits per heavy atom. The highest BCUT2D eigenvalue weighted by atomic mass is 35.5. The van der Waals surface area contributed by atoms with E-state index in [1.807, 2.05) is 12.1 Å². The first-order chi connectivity index (χ1) is 14.4. The van der Waals surface area contributed by atoms with E-state index in [1.165, 1.54) is 17.5 Å². The van der Waals surface area contributed by atoms with E-state index in [-0.39, 0.29) is 16.6 Å². The molecule has 2 aromatic rings. The van der Waals surface area contributed by atoms with E-state index < -0.39 is 15.4 Å². The minimum atomic E-state index is -3.70. The van der Waals surface area contributed by atoms with Gasteiger partial charge in [-0.25, -0.2) is 8.42 Å². The maximum atomic E-state index is 13.2. The van der Waals surface area contributed by atoms with E-state index >= 15 is 0 Å². The van der Waals surface area contributed by atoms with Gasteiger partial charge in [-0.05, 0) is 61.6 Å². The summed E-state index contributed by atoms with van der Waals surface area (Å²) in [5.41, 5.74) is 0.770. The van der Waals surface area contributed by atoms with Gasteiger partial charge < -0.3 is 10.1 Å². The van der Waals surface area contributed by atoms with Crippen molar-refractivity contribution in [2.24, 2.45) is 0 Å². The summed E-state index contributed by atoms with van der Waals surface area (Å²) < 4.78 is 33.2. The van der Waals surface area contributed by atoms with Crippen LogP contribution in [0, 0.1) is 0 Å². The Hall–Kier alpha value is -2.09. The SMILES string of the molecule is COc1ccc(NC(=O)C2(c3ccc(Cl)cc3)CC2)cc1S(=O)(=O)N1CCCCC1. The molecule has 0 spiro atoms. The van der Waals surface area contributed by atoms with Crippen molar-refractivity contribution in [2.75, 3.05) is 25.5 Å². The third-order valence-electron chi connectivity index (χ3n) is 5.94. The van der Waals surface area contributed by atoms with Gasteiger partial charge in [-0.1, -0.05) is 30.2 Å². The van der Waals surface area contributed by atoms with Gasteiger partial charge in [0.1, 0.15) is 10.6 Å². The van der Waals surface area contributed by atoms with Gasteiger partial charge in [0.2, 0.25) is 15.9 Å². The Morgan fingerprint density at radius 2 is 1.73 bits per heavy atom. The summed E-state index contributed by atoms with van der Waals surface area (Å²) in [7, 11) is -2.25. The molecule has 1 aliphatic carbocycles. The maximum Gasteiger partial charge on any atom is 0.246 e. The molecule has 1 amide bonds. The minimum absolute atomic E-state index is 0.0843. The molecule has 30 heavy (non-hydrogen) atoms. The number of nitrogens with one attached hydrogen (secondary N) is 1. The van der Waals surface area contributed by atoms with Crippen LogP contribution in [0.15, 0.2) is 47.4 Å². The van der Waals surface area contributed by atoms with E-state index in [2.05, 4.69) is 5.32 Å². The fraction of sp³-hybridized carbons (Fsp3) is 0.409. The zero-order valence-electron chi connectivity index (χ0n) is 16.9. The number of hydrogen-bond donors (Lipinski definition) is 1. The van der Waals surface area contributed by atoms with Gasteiger partial charge in [-0.2, -0.15) is 4.31 Å². The summed E-state index contributed by atoms with van der Waals surface area (Å²) in [5.74, 6) is 0.133. The summed E-state index contributed by atoms with van der Waals surface area (Å²) >= 11 is 5.97. The molecule has 8 heteroatoms. The van der Waals surface area contributed by atoms with Gasteiger partial charge in [0, 0.05) is 23.8 Å². The molecule has 0 unspecified atom stereocenters. The second-order valence-electron chi connectivity index (χ2n) is 7.87. The predicted molar refractivity (Wildman–Crippen MR) is 117 cm³/mol. The van der Waals surface area contributed by atoms with Crippen LogP contribution in [0.1, 0.15) is 37.7 Å². The molecule has 160 valence electrons. The molecule has 1 saturated heterocycles. The molecule has 1 N–H and O–H groups in total. The number of benzene rings is 2. The highest BCUT2D eigenvalue weighted by Crippen LogP contribution is 2.49. The fourth-order valence-corrected chi connectivity index (χ4v) is 5.82. The molecule has 2 fully saturated rings. The van der Waals surface area contributed by atoms with Crippen molar-refractivity contribution >= 4 is 33.2 Å². The third-order valence-corrected chi connectivity index (χ3v) is 8.11. The number of piperidine rings is 1. The van der Waals surface area contributed by atoms with Crippen molar-refractivity contribution in [3.63, 3.8) is 0 Å². The predicted octanol–water partition coefficient (Wildman–Crippen LogP) is 4.19. The zero-order chi connectivity index (χ0) is 21.4.